The Morgan fingerprint density at radius 3 is 0.588 bits per heavy atom. The van der Waals surface area contributed by atoms with E-state index in [4.69, 9.17) is 39.6 Å². The minimum Gasteiger partial charge on any atom is -0.543 e. The van der Waals surface area contributed by atoms with Gasteiger partial charge in [0.15, 0.2) is 0 Å². The molecule has 0 rings (SSSR count). The maximum absolute atomic E-state index is 8.93. The van der Waals surface area contributed by atoms with Crippen LogP contribution in [0.15, 0.2) is 0 Å². The van der Waals surface area contributed by atoms with Gasteiger partial charge in [-0.25, -0.2) is 0 Å². The molecule has 0 bridgehead atoms. The summed E-state index contributed by atoms with van der Waals surface area (Å²) in [7, 11) is 0. The molecule has 108 valence electrons. The first-order valence-electron chi connectivity index (χ1n) is 2.13. The number of carbonyl (C=O) groups is 4. The minimum atomic E-state index is -2.19. The van der Waals surface area contributed by atoms with E-state index >= 15 is 0 Å². The molecular formula is C4H10FeNO11-3. The monoisotopic (exact) mass is 304 g/mol. The number of rotatable bonds is 0. The molecule has 12 nitrogen and oxygen atoms in total. The van der Waals surface area contributed by atoms with E-state index in [1.54, 1.807) is 0 Å². The van der Waals surface area contributed by atoms with Crippen LogP contribution >= 0.6 is 0 Å². The van der Waals surface area contributed by atoms with Crippen LogP contribution in [0.5, 0.6) is 0 Å². The Kier molecular flexibility index (Phi) is 63.7. The molecule has 10 N–H and O–H groups in total. The predicted molar refractivity (Wildman–Crippen MR) is 36.9 cm³/mol. The van der Waals surface area contributed by atoms with E-state index in [-0.39, 0.29) is 39.6 Å². The first kappa shape index (κ1) is 45.5. The molecule has 0 aliphatic carbocycles. The van der Waals surface area contributed by atoms with Gasteiger partial charge in [-0.3, -0.25) is 0 Å². The number of aliphatic carboxylic acids is 4. The number of carboxylic acids is 4. The molecule has 0 aromatic heterocycles. The quantitative estimate of drug-likeness (QED) is 0.329. The predicted octanol–water partition coefficient (Wildman–Crippen LogP) is -9.13. The van der Waals surface area contributed by atoms with E-state index in [0.717, 1.165) is 0 Å². The number of hydrogen-bond acceptors (Lipinski definition) is 8. The number of quaternary nitrogens is 1. The smallest absolute Gasteiger partial charge is 0.0870 e. The topological polar surface area (TPSA) is 292 Å². The van der Waals surface area contributed by atoms with Gasteiger partial charge in [0.05, 0.1) is 23.9 Å². The molecule has 0 saturated carbocycles. The molecule has 0 saturated heterocycles. The van der Waals surface area contributed by atoms with Gasteiger partial charge in [-0.05, 0) is 0 Å². The molecule has 17 heavy (non-hydrogen) atoms. The summed E-state index contributed by atoms with van der Waals surface area (Å²) >= 11 is 0. The zero-order valence-electron chi connectivity index (χ0n) is 8.12. The van der Waals surface area contributed by atoms with Gasteiger partial charge in [0.25, 0.3) is 0 Å². The van der Waals surface area contributed by atoms with Crippen molar-refractivity contribution in [1.29, 1.82) is 0 Å². The molecule has 0 heterocycles. The summed E-state index contributed by atoms with van der Waals surface area (Å²) in [5.41, 5.74) is 0. The van der Waals surface area contributed by atoms with Crippen molar-refractivity contribution in [3.63, 3.8) is 0 Å². The van der Waals surface area contributed by atoms with Crippen LogP contribution in [-0.2, 0) is 36.2 Å². The molecule has 0 aliphatic heterocycles. The summed E-state index contributed by atoms with van der Waals surface area (Å²) in [6, 6.07) is 0. The van der Waals surface area contributed by atoms with Crippen molar-refractivity contribution >= 4 is 23.9 Å². The van der Waals surface area contributed by atoms with Crippen LogP contribution in [0, 0.1) is 0 Å². The summed E-state index contributed by atoms with van der Waals surface area (Å²) in [6.07, 6.45) is 0. The fourth-order valence-corrected chi connectivity index (χ4v) is 0. The van der Waals surface area contributed by atoms with Crippen LogP contribution in [0.3, 0.4) is 0 Å². The Morgan fingerprint density at radius 2 is 0.588 bits per heavy atom. The summed E-state index contributed by atoms with van der Waals surface area (Å²) in [6.45, 7) is 0. The average Bonchev–Trinajstić information content (AvgIpc) is 1.88. The molecule has 0 atom stereocenters. The normalized spacial score (nSPS) is 5.18. The van der Waals surface area contributed by atoms with Crippen LogP contribution < -0.4 is 26.6 Å². The molecule has 0 amide bonds. The fourth-order valence-electron chi connectivity index (χ4n) is 0. The molecule has 0 spiro atoms. The molecular weight excluding hydrogens is 294 g/mol. The van der Waals surface area contributed by atoms with Crippen molar-refractivity contribution in [2.45, 2.75) is 0 Å². The zero-order valence-corrected chi connectivity index (χ0v) is 9.22. The van der Waals surface area contributed by atoms with E-state index in [0.29, 0.717) is 0 Å². The van der Waals surface area contributed by atoms with Crippen molar-refractivity contribution in [2.24, 2.45) is 0 Å². The Bertz CT molecular complexity index is 180. The zero-order chi connectivity index (χ0) is 10.3. The largest absolute Gasteiger partial charge is 0.543 e. The molecule has 0 radical (unpaired) electrons. The second-order valence-corrected chi connectivity index (χ2v) is 1.15. The fraction of sp³-hybridized carbons (Fsp3) is 0. The second-order valence-electron chi connectivity index (χ2n) is 1.15. The van der Waals surface area contributed by atoms with Crippen molar-refractivity contribution < 1.29 is 73.1 Å². The Balaban J connectivity index is -0.0000000182. The van der Waals surface area contributed by atoms with E-state index in [1.165, 1.54) is 0 Å². The third-order valence-electron chi connectivity index (χ3n) is 0.333. The second kappa shape index (κ2) is 23.8. The summed E-state index contributed by atoms with van der Waals surface area (Å²) in [5.74, 6) is -8.74. The molecule has 0 fully saturated rings. The van der Waals surface area contributed by atoms with Gasteiger partial charge in [0.2, 0.25) is 0 Å². The van der Waals surface area contributed by atoms with Gasteiger partial charge < -0.3 is 62.2 Å². The van der Waals surface area contributed by atoms with Crippen molar-refractivity contribution in [3.8, 4) is 0 Å². The van der Waals surface area contributed by atoms with Gasteiger partial charge in [-0.1, -0.05) is 0 Å². The average molecular weight is 304 g/mol. The van der Waals surface area contributed by atoms with Crippen LogP contribution in [0.2, 0.25) is 0 Å². The van der Waals surface area contributed by atoms with Gasteiger partial charge >= 0.3 is 0 Å². The Labute approximate surface area is 104 Å². The summed E-state index contributed by atoms with van der Waals surface area (Å²) < 4.78 is 0. The number of hydrogen-bond donors (Lipinski definition) is 1. The van der Waals surface area contributed by atoms with Gasteiger partial charge in [0.1, 0.15) is 0 Å². The Hall–Kier alpha value is -1.76. The maximum atomic E-state index is 8.93. The van der Waals surface area contributed by atoms with Gasteiger partial charge in [-0.2, -0.15) is 0 Å². The summed E-state index contributed by atoms with van der Waals surface area (Å²) in [4.78, 5) is 35.7. The maximum Gasteiger partial charge on any atom is 0.0870 e. The van der Waals surface area contributed by atoms with E-state index in [9.17, 15) is 0 Å². The van der Waals surface area contributed by atoms with E-state index in [1.807, 2.05) is 0 Å². The number of carboxylic acid groups (broad SMARTS) is 4. The third-order valence-corrected chi connectivity index (χ3v) is 0.333. The van der Waals surface area contributed by atoms with Crippen LogP contribution in [-0.4, -0.2) is 40.3 Å². The third kappa shape index (κ3) is 54.8. The molecule has 0 aliphatic rings. The first-order chi connectivity index (χ1) is 5.29. The van der Waals surface area contributed by atoms with E-state index < -0.39 is 23.9 Å². The SMILES string of the molecule is O.O.O.O=C([O-])C(=O)[O-].O=C([O-])C(=O)[O-].[Fe].[NH4+]. The van der Waals surface area contributed by atoms with Gasteiger partial charge in [-0.15, -0.1) is 0 Å². The molecule has 0 unspecified atom stereocenters. The van der Waals surface area contributed by atoms with Crippen LogP contribution in [0.1, 0.15) is 0 Å². The van der Waals surface area contributed by atoms with E-state index in [2.05, 4.69) is 0 Å². The number of carbonyl (C=O) groups excluding carboxylic acids is 4. The Morgan fingerprint density at radius 1 is 0.529 bits per heavy atom. The van der Waals surface area contributed by atoms with Gasteiger partial charge in [0, 0.05) is 17.1 Å². The molecule has 0 aromatic rings. The minimum absolute atomic E-state index is 0. The van der Waals surface area contributed by atoms with Crippen LogP contribution in [0.4, 0.5) is 0 Å². The summed E-state index contributed by atoms with van der Waals surface area (Å²) in [5, 5.41) is 35.7. The van der Waals surface area contributed by atoms with Crippen molar-refractivity contribution in [3.05, 3.63) is 0 Å². The standard InChI is InChI=1S/2C2H2O4.Fe.H3N.3H2O/c2*3-1(4)2(5)6;;;;;/h2*(H,3,4)(H,5,6);;1H3;3*1H2/p-3. The van der Waals surface area contributed by atoms with Crippen molar-refractivity contribution in [1.82, 2.24) is 6.15 Å². The molecule has 13 heteroatoms. The van der Waals surface area contributed by atoms with Crippen LogP contribution in [0.25, 0.3) is 0 Å². The molecule has 0 aromatic carbocycles. The van der Waals surface area contributed by atoms with Crippen molar-refractivity contribution in [2.75, 3.05) is 0 Å². The first-order valence-corrected chi connectivity index (χ1v) is 2.13.